The number of ether oxygens (including phenoxy) is 1. The fourth-order valence-electron chi connectivity index (χ4n) is 1.18. The van der Waals surface area contributed by atoms with Gasteiger partial charge in [0, 0.05) is 18.1 Å². The summed E-state index contributed by atoms with van der Waals surface area (Å²) in [6.45, 7) is 0. The van der Waals surface area contributed by atoms with E-state index in [-0.39, 0.29) is 5.69 Å². The molecule has 0 saturated heterocycles. The van der Waals surface area contributed by atoms with Gasteiger partial charge >= 0.3 is 0 Å². The van der Waals surface area contributed by atoms with E-state index in [4.69, 9.17) is 22.7 Å². The SMILES string of the molecule is COc1cc([N+](=O)[O-])ccc1CC(N)=S. The van der Waals surface area contributed by atoms with Crippen LogP contribution in [0.2, 0.25) is 0 Å². The van der Waals surface area contributed by atoms with Crippen LogP contribution < -0.4 is 10.5 Å². The van der Waals surface area contributed by atoms with Gasteiger partial charge < -0.3 is 10.5 Å². The number of hydrogen-bond acceptors (Lipinski definition) is 4. The lowest BCUT2D eigenvalue weighted by Gasteiger charge is -2.06. The minimum atomic E-state index is -0.479. The summed E-state index contributed by atoms with van der Waals surface area (Å²) < 4.78 is 5.02. The van der Waals surface area contributed by atoms with Crippen molar-refractivity contribution in [2.75, 3.05) is 7.11 Å². The van der Waals surface area contributed by atoms with E-state index in [9.17, 15) is 10.1 Å². The van der Waals surface area contributed by atoms with Crippen molar-refractivity contribution >= 4 is 22.9 Å². The van der Waals surface area contributed by atoms with Crippen molar-refractivity contribution in [3.63, 3.8) is 0 Å². The third kappa shape index (κ3) is 2.88. The Morgan fingerprint density at radius 3 is 2.80 bits per heavy atom. The van der Waals surface area contributed by atoms with E-state index in [1.165, 1.54) is 19.2 Å². The van der Waals surface area contributed by atoms with Crippen LogP contribution in [0.25, 0.3) is 0 Å². The number of hydrogen-bond donors (Lipinski definition) is 1. The molecule has 0 unspecified atom stereocenters. The standard InChI is InChI=1S/C9H10N2O3S/c1-14-8-5-7(11(12)13)3-2-6(8)4-9(10)15/h2-3,5H,4H2,1H3,(H2,10,15). The van der Waals surface area contributed by atoms with E-state index < -0.39 is 4.92 Å². The zero-order chi connectivity index (χ0) is 11.4. The van der Waals surface area contributed by atoms with Gasteiger partial charge in [-0.2, -0.15) is 0 Å². The number of benzene rings is 1. The van der Waals surface area contributed by atoms with E-state index in [1.807, 2.05) is 0 Å². The summed E-state index contributed by atoms with van der Waals surface area (Å²) in [5.74, 6) is 0.428. The first-order valence-corrected chi connectivity index (χ1v) is 4.55. The Hall–Kier alpha value is -1.69. The molecule has 0 spiro atoms. The van der Waals surface area contributed by atoms with Gasteiger partial charge in [0.05, 0.1) is 23.1 Å². The summed E-state index contributed by atoms with van der Waals surface area (Å²) in [6.07, 6.45) is 0.372. The monoisotopic (exact) mass is 226 g/mol. The lowest BCUT2D eigenvalue weighted by Crippen LogP contribution is -2.11. The van der Waals surface area contributed by atoms with Crippen molar-refractivity contribution in [3.8, 4) is 5.75 Å². The highest BCUT2D eigenvalue weighted by Gasteiger charge is 2.11. The molecule has 6 heteroatoms. The van der Waals surface area contributed by atoms with Crippen molar-refractivity contribution in [2.45, 2.75) is 6.42 Å². The van der Waals surface area contributed by atoms with E-state index >= 15 is 0 Å². The van der Waals surface area contributed by atoms with E-state index in [2.05, 4.69) is 0 Å². The molecular formula is C9H10N2O3S. The summed E-state index contributed by atoms with van der Waals surface area (Å²) in [6, 6.07) is 4.35. The average Bonchev–Trinajstić information content (AvgIpc) is 2.17. The number of nitrogens with zero attached hydrogens (tertiary/aromatic N) is 1. The first kappa shape index (κ1) is 11.4. The van der Waals surface area contributed by atoms with Gasteiger partial charge in [-0.25, -0.2) is 0 Å². The number of nitro benzene ring substituents is 1. The summed E-state index contributed by atoms with van der Waals surface area (Å²) in [4.78, 5) is 10.3. The van der Waals surface area contributed by atoms with E-state index in [0.29, 0.717) is 17.2 Å². The minimum absolute atomic E-state index is 0.0152. The second-order valence-electron chi connectivity index (χ2n) is 2.90. The number of nitrogens with two attached hydrogens (primary N) is 1. The molecule has 0 bridgehead atoms. The van der Waals surface area contributed by atoms with Crippen LogP contribution in [0, 0.1) is 10.1 Å². The van der Waals surface area contributed by atoms with Crippen molar-refractivity contribution < 1.29 is 9.66 Å². The molecular weight excluding hydrogens is 216 g/mol. The molecule has 1 aromatic carbocycles. The number of rotatable bonds is 4. The first-order chi connectivity index (χ1) is 7.04. The quantitative estimate of drug-likeness (QED) is 0.477. The van der Waals surface area contributed by atoms with Gasteiger partial charge in [0.2, 0.25) is 0 Å². The topological polar surface area (TPSA) is 78.4 Å². The van der Waals surface area contributed by atoms with Gasteiger partial charge in [0.25, 0.3) is 5.69 Å². The van der Waals surface area contributed by atoms with Crippen LogP contribution in [0.3, 0.4) is 0 Å². The maximum absolute atomic E-state index is 10.5. The van der Waals surface area contributed by atoms with Crippen molar-refractivity contribution in [1.82, 2.24) is 0 Å². The van der Waals surface area contributed by atoms with E-state index in [0.717, 1.165) is 5.56 Å². The highest BCUT2D eigenvalue weighted by molar-refractivity contribution is 7.80. The van der Waals surface area contributed by atoms with Crippen molar-refractivity contribution in [1.29, 1.82) is 0 Å². The molecule has 0 saturated carbocycles. The van der Waals surface area contributed by atoms with Crippen molar-refractivity contribution in [2.24, 2.45) is 5.73 Å². The molecule has 0 fully saturated rings. The molecule has 5 nitrogen and oxygen atoms in total. The molecule has 0 amide bonds. The van der Waals surface area contributed by atoms with Crippen LogP contribution in [0.15, 0.2) is 18.2 Å². The normalized spacial score (nSPS) is 9.67. The maximum atomic E-state index is 10.5. The molecule has 0 heterocycles. The molecule has 0 radical (unpaired) electrons. The third-order valence-corrected chi connectivity index (χ3v) is 1.99. The Morgan fingerprint density at radius 2 is 2.33 bits per heavy atom. The summed E-state index contributed by atoms with van der Waals surface area (Å²) >= 11 is 4.76. The third-order valence-electron chi connectivity index (χ3n) is 1.85. The Morgan fingerprint density at radius 1 is 1.67 bits per heavy atom. The van der Waals surface area contributed by atoms with Gasteiger partial charge in [-0.15, -0.1) is 0 Å². The minimum Gasteiger partial charge on any atom is -0.496 e. The zero-order valence-electron chi connectivity index (χ0n) is 8.10. The zero-order valence-corrected chi connectivity index (χ0v) is 8.91. The predicted molar refractivity (Wildman–Crippen MR) is 60.1 cm³/mol. The Labute approximate surface area is 92.0 Å². The molecule has 0 aromatic heterocycles. The summed E-state index contributed by atoms with van der Waals surface area (Å²) in [7, 11) is 1.45. The van der Waals surface area contributed by atoms with Crippen LogP contribution in [0.4, 0.5) is 5.69 Å². The second-order valence-corrected chi connectivity index (χ2v) is 3.42. The Kier molecular flexibility index (Phi) is 3.56. The predicted octanol–water partition coefficient (Wildman–Crippen LogP) is 1.43. The molecule has 0 atom stereocenters. The summed E-state index contributed by atoms with van der Waals surface area (Å²) in [5, 5.41) is 10.5. The molecule has 2 N–H and O–H groups in total. The highest BCUT2D eigenvalue weighted by Crippen LogP contribution is 2.24. The van der Waals surface area contributed by atoms with Crippen LogP contribution in [0.5, 0.6) is 5.75 Å². The molecule has 0 aliphatic carbocycles. The lowest BCUT2D eigenvalue weighted by molar-refractivity contribution is -0.384. The largest absolute Gasteiger partial charge is 0.496 e. The van der Waals surface area contributed by atoms with Crippen molar-refractivity contribution in [3.05, 3.63) is 33.9 Å². The maximum Gasteiger partial charge on any atom is 0.273 e. The smallest absolute Gasteiger partial charge is 0.273 e. The van der Waals surface area contributed by atoms with E-state index in [1.54, 1.807) is 6.07 Å². The van der Waals surface area contributed by atoms with Crippen LogP contribution in [-0.4, -0.2) is 17.0 Å². The fourth-order valence-corrected chi connectivity index (χ4v) is 1.34. The highest BCUT2D eigenvalue weighted by atomic mass is 32.1. The number of thiocarbonyl (C=S) groups is 1. The van der Waals surface area contributed by atoms with Crippen LogP contribution in [0.1, 0.15) is 5.56 Å². The molecule has 1 rings (SSSR count). The second kappa shape index (κ2) is 4.70. The van der Waals surface area contributed by atoms with Gasteiger partial charge in [-0.05, 0) is 6.07 Å². The van der Waals surface area contributed by atoms with Gasteiger partial charge in [0.15, 0.2) is 0 Å². The van der Waals surface area contributed by atoms with Gasteiger partial charge in [-0.3, -0.25) is 10.1 Å². The van der Waals surface area contributed by atoms with Gasteiger partial charge in [0.1, 0.15) is 5.75 Å². The molecule has 80 valence electrons. The Balaban J connectivity index is 3.08. The molecule has 0 aliphatic rings. The molecule has 15 heavy (non-hydrogen) atoms. The first-order valence-electron chi connectivity index (χ1n) is 4.14. The number of non-ortho nitro benzene ring substituents is 1. The summed E-state index contributed by atoms with van der Waals surface area (Å²) in [5.41, 5.74) is 6.12. The van der Waals surface area contributed by atoms with Gasteiger partial charge in [-0.1, -0.05) is 12.2 Å². The number of nitro groups is 1. The molecule has 0 aliphatic heterocycles. The average molecular weight is 226 g/mol. The van der Waals surface area contributed by atoms with Crippen LogP contribution >= 0.6 is 12.2 Å². The molecule has 1 aromatic rings. The van der Waals surface area contributed by atoms with Crippen LogP contribution in [-0.2, 0) is 6.42 Å². The number of methoxy groups -OCH3 is 1. The fraction of sp³-hybridized carbons (Fsp3) is 0.222. The lowest BCUT2D eigenvalue weighted by atomic mass is 10.1. The Bertz CT molecular complexity index is 406.